The monoisotopic (exact) mass is 271 g/mol. The summed E-state index contributed by atoms with van der Waals surface area (Å²) >= 11 is 0. The Balaban J connectivity index is 1.57. The minimum Gasteiger partial charge on any atom is -0.472 e. The quantitative estimate of drug-likeness (QED) is 0.930. The number of hydrogen-bond acceptors (Lipinski definition) is 3. The smallest absolute Gasteiger partial charge is 0.225 e. The number of amides is 1. The molecule has 1 N–H and O–H groups in total. The van der Waals surface area contributed by atoms with Crippen molar-refractivity contribution >= 4 is 5.91 Å². The van der Waals surface area contributed by atoms with Gasteiger partial charge in [-0.2, -0.15) is 0 Å². The summed E-state index contributed by atoms with van der Waals surface area (Å²) in [6, 6.07) is 10.0. The summed E-state index contributed by atoms with van der Waals surface area (Å²) in [6.45, 7) is 1.80. The van der Waals surface area contributed by atoms with Gasteiger partial charge in [0.1, 0.15) is 0 Å². The van der Waals surface area contributed by atoms with E-state index in [1.54, 1.807) is 12.5 Å². The molecule has 1 amide bonds. The van der Waals surface area contributed by atoms with Gasteiger partial charge in [-0.3, -0.25) is 4.79 Å². The molecule has 4 heteroatoms. The van der Waals surface area contributed by atoms with Crippen LogP contribution in [0.1, 0.15) is 12.0 Å². The van der Waals surface area contributed by atoms with E-state index in [4.69, 9.17) is 9.15 Å². The molecule has 2 heterocycles. The van der Waals surface area contributed by atoms with Gasteiger partial charge >= 0.3 is 0 Å². The van der Waals surface area contributed by atoms with Gasteiger partial charge in [0.05, 0.1) is 25.1 Å². The zero-order valence-electron chi connectivity index (χ0n) is 11.2. The Morgan fingerprint density at radius 2 is 2.05 bits per heavy atom. The Morgan fingerprint density at radius 1 is 1.20 bits per heavy atom. The van der Waals surface area contributed by atoms with Gasteiger partial charge in [0.15, 0.2) is 0 Å². The van der Waals surface area contributed by atoms with Gasteiger partial charge in [-0.05, 0) is 23.6 Å². The van der Waals surface area contributed by atoms with Crippen LogP contribution in [-0.2, 0) is 16.1 Å². The summed E-state index contributed by atoms with van der Waals surface area (Å²) in [5.41, 5.74) is 3.26. The average Bonchev–Trinajstić information content (AvgIpc) is 3.18. The molecular formula is C16H17NO3. The lowest BCUT2D eigenvalue weighted by atomic mass is 10.1. The van der Waals surface area contributed by atoms with E-state index in [0.29, 0.717) is 19.8 Å². The van der Waals surface area contributed by atoms with Crippen molar-refractivity contribution in [2.75, 3.05) is 13.2 Å². The van der Waals surface area contributed by atoms with Crippen LogP contribution in [0.25, 0.3) is 11.1 Å². The third-order valence-electron chi connectivity index (χ3n) is 3.58. The van der Waals surface area contributed by atoms with Crippen LogP contribution < -0.4 is 5.32 Å². The third kappa shape index (κ3) is 2.91. The van der Waals surface area contributed by atoms with Crippen LogP contribution in [0.2, 0.25) is 0 Å². The maximum atomic E-state index is 11.9. The Kier molecular flexibility index (Phi) is 3.83. The van der Waals surface area contributed by atoms with Gasteiger partial charge in [-0.1, -0.05) is 24.3 Å². The van der Waals surface area contributed by atoms with E-state index in [1.165, 1.54) is 0 Å². The van der Waals surface area contributed by atoms with E-state index < -0.39 is 0 Å². The van der Waals surface area contributed by atoms with E-state index in [-0.39, 0.29) is 11.8 Å². The van der Waals surface area contributed by atoms with Gasteiger partial charge < -0.3 is 14.5 Å². The number of hydrogen-bond donors (Lipinski definition) is 1. The molecule has 1 atom stereocenters. The van der Waals surface area contributed by atoms with Crippen molar-refractivity contribution in [2.45, 2.75) is 13.0 Å². The Hall–Kier alpha value is -2.07. The van der Waals surface area contributed by atoms with E-state index in [9.17, 15) is 4.79 Å². The first-order valence-electron chi connectivity index (χ1n) is 6.80. The van der Waals surface area contributed by atoms with Gasteiger partial charge in [-0.25, -0.2) is 0 Å². The molecule has 0 radical (unpaired) electrons. The van der Waals surface area contributed by atoms with Gasteiger partial charge in [0.25, 0.3) is 0 Å². The van der Waals surface area contributed by atoms with Crippen LogP contribution in [0, 0.1) is 5.92 Å². The first-order chi connectivity index (χ1) is 9.83. The fraction of sp³-hybridized carbons (Fsp3) is 0.312. The highest BCUT2D eigenvalue weighted by Gasteiger charge is 2.22. The maximum Gasteiger partial charge on any atom is 0.225 e. The Morgan fingerprint density at radius 3 is 2.70 bits per heavy atom. The van der Waals surface area contributed by atoms with Crippen LogP contribution in [0.4, 0.5) is 0 Å². The van der Waals surface area contributed by atoms with Crippen molar-refractivity contribution in [1.29, 1.82) is 0 Å². The lowest BCUT2D eigenvalue weighted by Gasteiger charge is -2.09. The highest BCUT2D eigenvalue weighted by atomic mass is 16.5. The zero-order valence-corrected chi connectivity index (χ0v) is 11.2. The predicted octanol–water partition coefficient (Wildman–Crippen LogP) is 2.60. The lowest BCUT2D eigenvalue weighted by Crippen LogP contribution is -2.30. The number of nitrogens with one attached hydrogen (secondary N) is 1. The molecule has 1 aliphatic rings. The summed E-state index contributed by atoms with van der Waals surface area (Å²) in [4.78, 5) is 11.9. The summed E-state index contributed by atoms with van der Waals surface area (Å²) in [7, 11) is 0. The molecule has 3 rings (SSSR count). The second-order valence-electron chi connectivity index (χ2n) is 4.99. The third-order valence-corrected chi connectivity index (χ3v) is 3.58. The van der Waals surface area contributed by atoms with E-state index in [1.807, 2.05) is 30.3 Å². The Bertz CT molecular complexity index is 554. The van der Waals surface area contributed by atoms with Gasteiger partial charge in [0, 0.05) is 18.7 Å². The second kappa shape index (κ2) is 5.92. The van der Waals surface area contributed by atoms with E-state index >= 15 is 0 Å². The number of rotatable bonds is 4. The predicted molar refractivity (Wildman–Crippen MR) is 74.9 cm³/mol. The first-order valence-corrected chi connectivity index (χ1v) is 6.80. The molecule has 0 aliphatic carbocycles. The summed E-state index contributed by atoms with van der Waals surface area (Å²) in [5.74, 6) is 0.0987. The average molecular weight is 271 g/mol. The molecule has 4 nitrogen and oxygen atoms in total. The number of benzene rings is 1. The number of carbonyl (C=O) groups is 1. The second-order valence-corrected chi connectivity index (χ2v) is 4.99. The van der Waals surface area contributed by atoms with Crippen molar-refractivity contribution in [3.05, 3.63) is 48.4 Å². The molecule has 1 fully saturated rings. The number of ether oxygens (including phenoxy) is 1. The topological polar surface area (TPSA) is 51.5 Å². The summed E-state index contributed by atoms with van der Waals surface area (Å²) in [5, 5.41) is 2.96. The SMILES string of the molecule is O=C(NCc1ccc(-c2ccoc2)cc1)C1CCOC1. The standard InChI is InChI=1S/C16H17NO3/c18-16(15-6-8-20-11-15)17-9-12-1-3-13(4-2-12)14-5-7-19-10-14/h1-5,7,10,15H,6,8-9,11H2,(H,17,18). The zero-order chi connectivity index (χ0) is 13.8. The van der Waals surface area contributed by atoms with Crippen molar-refractivity contribution in [3.63, 3.8) is 0 Å². The summed E-state index contributed by atoms with van der Waals surface area (Å²) < 4.78 is 10.3. The van der Waals surface area contributed by atoms with Crippen LogP contribution in [0.3, 0.4) is 0 Å². The number of furan rings is 1. The summed E-state index contributed by atoms with van der Waals surface area (Å²) in [6.07, 6.45) is 4.20. The maximum absolute atomic E-state index is 11.9. The van der Waals surface area contributed by atoms with Gasteiger partial charge in [-0.15, -0.1) is 0 Å². The van der Waals surface area contributed by atoms with Gasteiger partial charge in [0.2, 0.25) is 5.91 Å². The van der Waals surface area contributed by atoms with Crippen LogP contribution >= 0.6 is 0 Å². The van der Waals surface area contributed by atoms with E-state index in [2.05, 4.69) is 5.32 Å². The highest BCUT2D eigenvalue weighted by molar-refractivity contribution is 5.79. The van der Waals surface area contributed by atoms with E-state index in [0.717, 1.165) is 23.1 Å². The molecule has 1 saturated heterocycles. The molecule has 20 heavy (non-hydrogen) atoms. The Labute approximate surface area is 117 Å². The largest absolute Gasteiger partial charge is 0.472 e. The number of carbonyl (C=O) groups excluding carboxylic acids is 1. The van der Waals surface area contributed by atoms with Crippen molar-refractivity contribution in [1.82, 2.24) is 5.32 Å². The fourth-order valence-electron chi connectivity index (χ4n) is 2.32. The molecule has 0 saturated carbocycles. The van der Waals surface area contributed by atoms with Crippen molar-refractivity contribution in [3.8, 4) is 11.1 Å². The van der Waals surface area contributed by atoms with Crippen LogP contribution in [-0.4, -0.2) is 19.1 Å². The minimum absolute atomic E-state index is 0.0141. The van der Waals surface area contributed by atoms with Crippen molar-refractivity contribution < 1.29 is 13.9 Å². The molecule has 2 aromatic rings. The molecule has 0 bridgehead atoms. The molecular weight excluding hydrogens is 254 g/mol. The molecule has 1 unspecified atom stereocenters. The minimum atomic E-state index is 0.0141. The molecule has 0 spiro atoms. The molecule has 104 valence electrons. The highest BCUT2D eigenvalue weighted by Crippen LogP contribution is 2.20. The van der Waals surface area contributed by atoms with Crippen LogP contribution in [0.15, 0.2) is 47.3 Å². The van der Waals surface area contributed by atoms with Crippen molar-refractivity contribution in [2.24, 2.45) is 5.92 Å². The first kappa shape index (κ1) is 12.9. The fourth-order valence-corrected chi connectivity index (χ4v) is 2.32. The molecule has 1 aliphatic heterocycles. The van der Waals surface area contributed by atoms with Crippen LogP contribution in [0.5, 0.6) is 0 Å². The normalized spacial score (nSPS) is 18.1. The molecule has 1 aromatic carbocycles. The lowest BCUT2D eigenvalue weighted by molar-refractivity contribution is -0.125. The molecule has 1 aromatic heterocycles.